The number of hydrogen-bond donors (Lipinski definition) is 0. The number of rotatable bonds is 47. The van der Waals surface area contributed by atoms with Crippen molar-refractivity contribution in [1.29, 1.82) is 0 Å². The van der Waals surface area contributed by atoms with Crippen molar-refractivity contribution in [1.82, 2.24) is 0 Å². The fraction of sp³-hybridized carbons (Fsp3) is 0.523. The van der Waals surface area contributed by atoms with Gasteiger partial charge in [-0.2, -0.15) is 0 Å². The van der Waals surface area contributed by atoms with Gasteiger partial charge in [-0.05, 0) is 141 Å². The van der Waals surface area contributed by atoms with Crippen LogP contribution >= 0.6 is 0 Å². The Hall–Kier alpha value is -5.23. The van der Waals surface area contributed by atoms with Crippen molar-refractivity contribution in [3.8, 4) is 0 Å². The van der Waals surface area contributed by atoms with E-state index in [4.69, 9.17) is 14.2 Å². The molecule has 6 nitrogen and oxygen atoms in total. The molecule has 0 N–H and O–H groups in total. The van der Waals surface area contributed by atoms with Gasteiger partial charge in [-0.3, -0.25) is 14.4 Å². The third-order valence-electron chi connectivity index (χ3n) is 10.7. The molecule has 0 aromatic carbocycles. The van der Waals surface area contributed by atoms with E-state index < -0.39 is 12.1 Å². The van der Waals surface area contributed by atoms with Crippen molar-refractivity contribution in [2.45, 2.75) is 207 Å². The van der Waals surface area contributed by atoms with Crippen molar-refractivity contribution in [3.05, 3.63) is 170 Å². The van der Waals surface area contributed by atoms with Crippen LogP contribution in [0.5, 0.6) is 0 Å². The molecular formula is C65H98O6. The van der Waals surface area contributed by atoms with Crippen LogP contribution in [-0.2, 0) is 28.6 Å². The van der Waals surface area contributed by atoms with Crippen LogP contribution in [-0.4, -0.2) is 37.2 Å². The van der Waals surface area contributed by atoms with Crippen LogP contribution in [0.3, 0.4) is 0 Å². The Morgan fingerprint density at radius 3 is 0.887 bits per heavy atom. The summed E-state index contributed by atoms with van der Waals surface area (Å²) in [6.07, 6.45) is 84.9. The summed E-state index contributed by atoms with van der Waals surface area (Å²) in [6, 6.07) is 0. The van der Waals surface area contributed by atoms with E-state index in [0.717, 1.165) is 122 Å². The highest BCUT2D eigenvalue weighted by Gasteiger charge is 2.19. The topological polar surface area (TPSA) is 78.9 Å². The standard InChI is InChI=1S/C65H98O6/c1-4-7-10-13-16-19-22-25-28-31-32-35-37-40-43-46-49-52-55-58-64(67)70-61-62(71-65(68)59-56-53-50-47-44-41-38-34-30-27-24-21-18-15-12-9-6-3)60-69-63(66)57-54-51-48-45-42-39-36-33-29-26-23-20-17-14-11-8-5-2/h7,9-10,12,16-21,25-30,32,35-36,38-41,43,45,47-48,50,62H,4-6,8,11,13-15,22-24,31,33-34,37,42,44,46,49,51-61H2,1-3H3/b10-7-,12-9-,19-16-,20-17-,21-18-,28-25-,29-26-,30-27-,35-32-,39-36-,41-38-,43-40-,48-45-,50-47-. The lowest BCUT2D eigenvalue weighted by atomic mass is 10.1. The van der Waals surface area contributed by atoms with Crippen LogP contribution in [0.2, 0.25) is 0 Å². The molecule has 0 rings (SSSR count). The maximum Gasteiger partial charge on any atom is 0.306 e. The van der Waals surface area contributed by atoms with E-state index in [1.165, 1.54) is 25.7 Å². The van der Waals surface area contributed by atoms with Gasteiger partial charge in [0.05, 0.1) is 0 Å². The fourth-order valence-corrected chi connectivity index (χ4v) is 6.61. The summed E-state index contributed by atoms with van der Waals surface area (Å²) in [4.78, 5) is 38.1. The summed E-state index contributed by atoms with van der Waals surface area (Å²) in [7, 11) is 0. The molecule has 0 saturated carbocycles. The molecule has 0 aromatic heterocycles. The smallest absolute Gasteiger partial charge is 0.306 e. The Kier molecular flexibility index (Phi) is 53.1. The van der Waals surface area contributed by atoms with Crippen LogP contribution < -0.4 is 0 Å². The zero-order valence-corrected chi connectivity index (χ0v) is 44.9. The second-order valence-electron chi connectivity index (χ2n) is 17.4. The van der Waals surface area contributed by atoms with Crippen LogP contribution in [0.4, 0.5) is 0 Å². The molecule has 394 valence electrons. The summed E-state index contributed by atoms with van der Waals surface area (Å²) in [6.45, 7) is 6.23. The van der Waals surface area contributed by atoms with E-state index in [9.17, 15) is 14.4 Å². The molecule has 0 spiro atoms. The molecule has 0 radical (unpaired) electrons. The number of carbonyl (C=O) groups excluding carboxylic acids is 3. The zero-order chi connectivity index (χ0) is 51.4. The monoisotopic (exact) mass is 975 g/mol. The van der Waals surface area contributed by atoms with E-state index in [1.54, 1.807) is 0 Å². The Bertz CT molecular complexity index is 1690. The average Bonchev–Trinajstić information content (AvgIpc) is 3.37. The number of ether oxygens (including phenoxy) is 3. The predicted octanol–water partition coefficient (Wildman–Crippen LogP) is 18.8. The number of allylic oxidation sites excluding steroid dienone is 28. The summed E-state index contributed by atoms with van der Waals surface area (Å²) in [5, 5.41) is 0. The third kappa shape index (κ3) is 55.6. The van der Waals surface area contributed by atoms with E-state index in [1.807, 2.05) is 0 Å². The molecule has 0 bridgehead atoms. The molecule has 0 heterocycles. The molecule has 1 atom stereocenters. The molecule has 71 heavy (non-hydrogen) atoms. The van der Waals surface area contributed by atoms with Crippen LogP contribution in [0, 0.1) is 0 Å². The number of hydrogen-bond acceptors (Lipinski definition) is 6. The van der Waals surface area contributed by atoms with Crippen molar-refractivity contribution < 1.29 is 28.6 Å². The van der Waals surface area contributed by atoms with Gasteiger partial charge in [0.25, 0.3) is 0 Å². The average molecular weight is 975 g/mol. The Morgan fingerprint density at radius 1 is 0.296 bits per heavy atom. The van der Waals surface area contributed by atoms with Gasteiger partial charge in [0.1, 0.15) is 13.2 Å². The minimum atomic E-state index is -0.854. The van der Waals surface area contributed by atoms with Gasteiger partial charge in [-0.15, -0.1) is 0 Å². The molecule has 0 aliphatic rings. The Labute approximate surface area is 434 Å². The molecule has 0 aliphatic heterocycles. The number of esters is 3. The first-order chi connectivity index (χ1) is 35.0. The lowest BCUT2D eigenvalue weighted by molar-refractivity contribution is -0.167. The lowest BCUT2D eigenvalue weighted by Crippen LogP contribution is -2.30. The SMILES string of the molecule is CC/C=C\C/C=C\C/C=C\C/C=C\C/C=C\CCCCCC(=O)OCC(COC(=O)CCC/C=C\C/C=C\C/C=C\C/C=C\CCCCC)OC(=O)CCC/C=C\C/C=C\C/C=C\C/C=C\C/C=C\CC. The second-order valence-corrected chi connectivity index (χ2v) is 17.4. The van der Waals surface area contributed by atoms with Gasteiger partial charge in [-0.25, -0.2) is 0 Å². The number of unbranched alkanes of at least 4 members (excludes halogenated alkanes) is 8. The van der Waals surface area contributed by atoms with Gasteiger partial charge >= 0.3 is 17.9 Å². The summed E-state index contributed by atoms with van der Waals surface area (Å²) >= 11 is 0. The van der Waals surface area contributed by atoms with Gasteiger partial charge in [-0.1, -0.05) is 210 Å². The van der Waals surface area contributed by atoms with Crippen molar-refractivity contribution >= 4 is 17.9 Å². The van der Waals surface area contributed by atoms with E-state index in [-0.39, 0.29) is 44.4 Å². The minimum absolute atomic E-state index is 0.144. The van der Waals surface area contributed by atoms with Gasteiger partial charge in [0.2, 0.25) is 0 Å². The largest absolute Gasteiger partial charge is 0.462 e. The van der Waals surface area contributed by atoms with Crippen molar-refractivity contribution in [2.75, 3.05) is 13.2 Å². The van der Waals surface area contributed by atoms with Gasteiger partial charge in [0, 0.05) is 19.3 Å². The quantitative estimate of drug-likeness (QED) is 0.0262. The van der Waals surface area contributed by atoms with Crippen LogP contribution in [0.15, 0.2) is 170 Å². The highest BCUT2D eigenvalue weighted by atomic mass is 16.6. The van der Waals surface area contributed by atoms with E-state index in [2.05, 4.69) is 191 Å². The van der Waals surface area contributed by atoms with Crippen LogP contribution in [0.25, 0.3) is 0 Å². The van der Waals surface area contributed by atoms with Crippen molar-refractivity contribution in [3.63, 3.8) is 0 Å². The van der Waals surface area contributed by atoms with Crippen molar-refractivity contribution in [2.24, 2.45) is 0 Å². The Morgan fingerprint density at radius 2 is 0.563 bits per heavy atom. The maximum atomic E-state index is 12.8. The molecule has 0 aliphatic carbocycles. The molecule has 0 aromatic rings. The summed E-state index contributed by atoms with van der Waals surface area (Å²) in [5.74, 6) is -1.10. The fourth-order valence-electron chi connectivity index (χ4n) is 6.61. The van der Waals surface area contributed by atoms with Crippen LogP contribution in [0.1, 0.15) is 201 Å². The number of carbonyl (C=O) groups is 3. The lowest BCUT2D eigenvalue weighted by Gasteiger charge is -2.18. The molecule has 0 saturated heterocycles. The van der Waals surface area contributed by atoms with Gasteiger partial charge in [0.15, 0.2) is 6.10 Å². The summed E-state index contributed by atoms with van der Waals surface area (Å²) < 4.78 is 16.7. The van der Waals surface area contributed by atoms with Gasteiger partial charge < -0.3 is 14.2 Å². The van der Waals surface area contributed by atoms with E-state index in [0.29, 0.717) is 12.8 Å². The first-order valence-corrected chi connectivity index (χ1v) is 27.6. The maximum absolute atomic E-state index is 12.8. The highest BCUT2D eigenvalue weighted by Crippen LogP contribution is 2.10. The van der Waals surface area contributed by atoms with E-state index >= 15 is 0 Å². The first-order valence-electron chi connectivity index (χ1n) is 27.6. The second kappa shape index (κ2) is 57.3. The Balaban J connectivity index is 4.67. The highest BCUT2D eigenvalue weighted by molar-refractivity contribution is 5.71. The molecule has 1 unspecified atom stereocenters. The predicted molar refractivity (Wildman–Crippen MR) is 306 cm³/mol. The normalized spacial score (nSPS) is 13.5. The molecular weight excluding hydrogens is 877 g/mol. The summed E-state index contributed by atoms with van der Waals surface area (Å²) in [5.41, 5.74) is 0. The third-order valence-corrected chi connectivity index (χ3v) is 10.7. The molecule has 6 heteroatoms. The molecule has 0 fully saturated rings. The first kappa shape index (κ1) is 65.8. The molecule has 0 amide bonds. The zero-order valence-electron chi connectivity index (χ0n) is 44.9. The minimum Gasteiger partial charge on any atom is -0.462 e.